The molecule has 162 valence electrons. The molecule has 0 fully saturated rings. The molecule has 0 bridgehead atoms. The van der Waals surface area contributed by atoms with E-state index in [1.807, 2.05) is 30.3 Å². The van der Waals surface area contributed by atoms with Gasteiger partial charge in [0.25, 0.3) is 15.9 Å². The molecule has 0 radical (unpaired) electrons. The molecule has 0 aliphatic heterocycles. The number of methoxy groups -OCH3 is 2. The van der Waals surface area contributed by atoms with Crippen LogP contribution < -0.4 is 19.5 Å². The van der Waals surface area contributed by atoms with E-state index in [4.69, 9.17) is 9.47 Å². The topological polar surface area (TPSA) is 93.7 Å². The van der Waals surface area contributed by atoms with Crippen LogP contribution in [0.25, 0.3) is 0 Å². The number of nitrogens with one attached hydrogen (secondary N) is 2. The maximum atomic E-state index is 13.0. The first kappa shape index (κ1) is 22.2. The quantitative estimate of drug-likeness (QED) is 0.531. The van der Waals surface area contributed by atoms with Crippen LogP contribution in [0.15, 0.2) is 77.7 Å². The number of carbonyl (C=O) groups is 1. The van der Waals surface area contributed by atoms with Gasteiger partial charge in [-0.2, -0.15) is 0 Å². The third kappa shape index (κ3) is 5.55. The minimum Gasteiger partial charge on any atom is -0.497 e. The van der Waals surface area contributed by atoms with Crippen molar-refractivity contribution in [3.05, 3.63) is 83.9 Å². The lowest BCUT2D eigenvalue weighted by Gasteiger charge is -2.15. The minimum atomic E-state index is -4.04. The number of anilines is 1. The maximum Gasteiger partial charge on any atom is 0.265 e. The van der Waals surface area contributed by atoms with Crippen LogP contribution in [0, 0.1) is 0 Å². The predicted octanol–water partition coefficient (Wildman–Crippen LogP) is 3.48. The molecule has 3 aromatic carbocycles. The Kier molecular flexibility index (Phi) is 7.15. The summed E-state index contributed by atoms with van der Waals surface area (Å²) in [6.07, 6.45) is 0.668. The molecule has 0 aliphatic rings. The van der Waals surface area contributed by atoms with Crippen molar-refractivity contribution in [3.8, 4) is 11.5 Å². The predicted molar refractivity (Wildman–Crippen MR) is 119 cm³/mol. The largest absolute Gasteiger partial charge is 0.497 e. The highest BCUT2D eigenvalue weighted by molar-refractivity contribution is 7.92. The van der Waals surface area contributed by atoms with Crippen LogP contribution in [-0.4, -0.2) is 35.1 Å². The zero-order valence-electron chi connectivity index (χ0n) is 17.3. The number of amides is 1. The molecule has 7 nitrogen and oxygen atoms in total. The Morgan fingerprint density at radius 3 is 2.32 bits per heavy atom. The Balaban J connectivity index is 1.79. The smallest absolute Gasteiger partial charge is 0.265 e. The van der Waals surface area contributed by atoms with Gasteiger partial charge in [-0.3, -0.25) is 9.52 Å². The van der Waals surface area contributed by atoms with Gasteiger partial charge in [-0.15, -0.1) is 0 Å². The molecule has 0 heterocycles. The summed E-state index contributed by atoms with van der Waals surface area (Å²) in [6, 6.07) is 20.7. The molecule has 0 spiro atoms. The fraction of sp³-hybridized carbons (Fsp3) is 0.174. The van der Waals surface area contributed by atoms with Crippen LogP contribution in [0.4, 0.5) is 5.69 Å². The molecule has 2 N–H and O–H groups in total. The zero-order valence-corrected chi connectivity index (χ0v) is 18.1. The molecule has 1 amide bonds. The third-order valence-corrected chi connectivity index (χ3v) is 6.01. The van der Waals surface area contributed by atoms with Crippen molar-refractivity contribution < 1.29 is 22.7 Å². The monoisotopic (exact) mass is 440 g/mol. The Morgan fingerprint density at radius 1 is 0.903 bits per heavy atom. The summed E-state index contributed by atoms with van der Waals surface area (Å²) in [4.78, 5) is 12.6. The van der Waals surface area contributed by atoms with Crippen LogP contribution >= 0.6 is 0 Å². The Bertz CT molecular complexity index is 1150. The Hall–Kier alpha value is -3.52. The van der Waals surface area contributed by atoms with Crippen LogP contribution in [0.3, 0.4) is 0 Å². The Labute approximate surface area is 182 Å². The van der Waals surface area contributed by atoms with Crippen LogP contribution in [0.1, 0.15) is 15.9 Å². The summed E-state index contributed by atoms with van der Waals surface area (Å²) < 4.78 is 38.9. The van der Waals surface area contributed by atoms with Gasteiger partial charge in [0.1, 0.15) is 16.4 Å². The summed E-state index contributed by atoms with van der Waals surface area (Å²) in [7, 11) is -1.21. The molecule has 0 aromatic heterocycles. The SMILES string of the molecule is COc1ccc(OC)c(S(=O)(=O)Nc2ccccc2C(=O)NCCc2ccccc2)c1. The molecular formula is C23H24N2O5S. The highest BCUT2D eigenvalue weighted by atomic mass is 32.2. The first-order valence-electron chi connectivity index (χ1n) is 9.60. The van der Waals surface area contributed by atoms with Crippen LogP contribution in [0.2, 0.25) is 0 Å². The lowest BCUT2D eigenvalue weighted by molar-refractivity contribution is 0.0955. The minimum absolute atomic E-state index is 0.0892. The summed E-state index contributed by atoms with van der Waals surface area (Å²) >= 11 is 0. The van der Waals surface area contributed by atoms with Gasteiger partial charge < -0.3 is 14.8 Å². The second-order valence-corrected chi connectivity index (χ2v) is 8.31. The molecular weight excluding hydrogens is 416 g/mol. The van der Waals surface area contributed by atoms with Crippen molar-refractivity contribution in [2.45, 2.75) is 11.3 Å². The van der Waals surface area contributed by atoms with E-state index in [1.165, 1.54) is 32.4 Å². The van der Waals surface area contributed by atoms with Gasteiger partial charge in [0.15, 0.2) is 0 Å². The summed E-state index contributed by atoms with van der Waals surface area (Å²) in [5.41, 5.74) is 1.49. The lowest BCUT2D eigenvalue weighted by atomic mass is 10.1. The number of para-hydroxylation sites is 1. The molecule has 0 aliphatic carbocycles. The maximum absolute atomic E-state index is 13.0. The fourth-order valence-corrected chi connectivity index (χ4v) is 4.29. The van der Waals surface area contributed by atoms with Gasteiger partial charge >= 0.3 is 0 Å². The number of rotatable bonds is 9. The molecule has 8 heteroatoms. The number of sulfonamides is 1. The van der Waals surface area contributed by atoms with E-state index in [-0.39, 0.29) is 27.8 Å². The molecule has 0 saturated heterocycles. The van der Waals surface area contributed by atoms with Crippen LogP contribution in [0.5, 0.6) is 11.5 Å². The van der Waals surface area contributed by atoms with Gasteiger partial charge in [0, 0.05) is 12.6 Å². The number of hydrogen-bond donors (Lipinski definition) is 2. The van der Waals surface area contributed by atoms with E-state index in [0.717, 1.165) is 5.56 Å². The van der Waals surface area contributed by atoms with Gasteiger partial charge in [0.2, 0.25) is 0 Å². The van der Waals surface area contributed by atoms with E-state index in [0.29, 0.717) is 18.7 Å². The van der Waals surface area contributed by atoms with Gasteiger partial charge in [-0.25, -0.2) is 8.42 Å². The standard InChI is InChI=1S/C23H24N2O5S/c1-29-18-12-13-21(30-2)22(16-18)31(27,28)25-20-11-7-6-10-19(20)23(26)24-15-14-17-8-4-3-5-9-17/h3-13,16,25H,14-15H2,1-2H3,(H,24,26). The normalized spacial score (nSPS) is 10.9. The number of ether oxygens (including phenoxy) is 2. The van der Waals surface area contributed by atoms with Gasteiger partial charge in [0.05, 0.1) is 25.5 Å². The Morgan fingerprint density at radius 2 is 1.61 bits per heavy atom. The average molecular weight is 441 g/mol. The number of benzene rings is 3. The highest BCUT2D eigenvalue weighted by Crippen LogP contribution is 2.30. The van der Waals surface area contributed by atoms with E-state index < -0.39 is 10.0 Å². The van der Waals surface area contributed by atoms with E-state index in [9.17, 15) is 13.2 Å². The van der Waals surface area contributed by atoms with Crippen molar-refractivity contribution in [1.82, 2.24) is 5.32 Å². The van der Waals surface area contributed by atoms with E-state index in [2.05, 4.69) is 10.0 Å². The summed E-state index contributed by atoms with van der Waals surface area (Å²) in [5, 5.41) is 2.84. The van der Waals surface area contributed by atoms with Gasteiger partial charge in [-0.1, -0.05) is 42.5 Å². The molecule has 0 atom stereocenters. The molecule has 3 aromatic rings. The number of hydrogen-bond acceptors (Lipinski definition) is 5. The molecule has 31 heavy (non-hydrogen) atoms. The molecule has 0 saturated carbocycles. The van der Waals surface area contributed by atoms with Gasteiger partial charge in [-0.05, 0) is 36.2 Å². The van der Waals surface area contributed by atoms with Crippen molar-refractivity contribution in [1.29, 1.82) is 0 Å². The second kappa shape index (κ2) is 9.99. The summed E-state index contributed by atoms with van der Waals surface area (Å²) in [6.45, 7) is 0.424. The molecule has 0 unspecified atom stereocenters. The van der Waals surface area contributed by atoms with Crippen molar-refractivity contribution in [2.24, 2.45) is 0 Å². The first-order chi connectivity index (χ1) is 14.9. The fourth-order valence-electron chi connectivity index (χ4n) is 3.02. The highest BCUT2D eigenvalue weighted by Gasteiger charge is 2.23. The van der Waals surface area contributed by atoms with Crippen LogP contribution in [-0.2, 0) is 16.4 Å². The van der Waals surface area contributed by atoms with Crippen molar-refractivity contribution in [2.75, 3.05) is 25.5 Å². The van der Waals surface area contributed by atoms with E-state index in [1.54, 1.807) is 24.3 Å². The zero-order chi connectivity index (χ0) is 22.3. The average Bonchev–Trinajstić information content (AvgIpc) is 2.79. The third-order valence-electron chi connectivity index (χ3n) is 4.62. The lowest BCUT2D eigenvalue weighted by Crippen LogP contribution is -2.27. The van der Waals surface area contributed by atoms with E-state index >= 15 is 0 Å². The second-order valence-electron chi connectivity index (χ2n) is 6.66. The van der Waals surface area contributed by atoms with Crippen molar-refractivity contribution in [3.63, 3.8) is 0 Å². The summed E-state index contributed by atoms with van der Waals surface area (Å²) in [5.74, 6) is 0.165. The number of carbonyl (C=O) groups excluding carboxylic acids is 1. The van der Waals surface area contributed by atoms with Crippen molar-refractivity contribution >= 4 is 21.6 Å². The first-order valence-corrected chi connectivity index (χ1v) is 11.1. The molecule has 3 rings (SSSR count).